The Morgan fingerprint density at radius 1 is 1.16 bits per heavy atom. The van der Waals surface area contributed by atoms with E-state index in [-0.39, 0.29) is 11.7 Å². The molecule has 1 amide bonds. The standard InChI is InChI=1S/C29H35FN6O/c1-3-35(4-2)16-17-36-14-10-22(11-15-36)33-23-8-9-25-24(19-23)27(29(37)34-25)26(28-31-12-13-32-28)20-6-5-7-21(30)18-20/h5-9,12-13,18-19,22,33H,3-4,10-11,14-17H2,1-2H3,(H,31,32)(H,34,37)/b27-26-. The van der Waals surface area contributed by atoms with Gasteiger partial charge in [-0.3, -0.25) is 4.79 Å². The van der Waals surface area contributed by atoms with Crippen molar-refractivity contribution in [2.75, 3.05) is 49.9 Å². The molecule has 2 aliphatic rings. The van der Waals surface area contributed by atoms with Crippen molar-refractivity contribution in [1.29, 1.82) is 0 Å². The molecule has 194 valence electrons. The number of aromatic amines is 1. The van der Waals surface area contributed by atoms with E-state index in [9.17, 15) is 9.18 Å². The van der Waals surface area contributed by atoms with E-state index in [1.807, 2.05) is 18.2 Å². The molecule has 0 aliphatic carbocycles. The molecule has 0 saturated carbocycles. The summed E-state index contributed by atoms with van der Waals surface area (Å²) >= 11 is 0. The Kier molecular flexibility index (Phi) is 7.67. The Labute approximate surface area is 217 Å². The molecule has 1 fully saturated rings. The van der Waals surface area contributed by atoms with Crippen LogP contribution in [-0.4, -0.2) is 71.0 Å². The minimum Gasteiger partial charge on any atom is -0.382 e. The molecule has 8 heteroatoms. The van der Waals surface area contributed by atoms with Crippen LogP contribution in [0.4, 0.5) is 15.8 Å². The maximum absolute atomic E-state index is 14.2. The van der Waals surface area contributed by atoms with Crippen LogP contribution in [0.3, 0.4) is 0 Å². The minimum absolute atomic E-state index is 0.218. The van der Waals surface area contributed by atoms with Gasteiger partial charge in [0.2, 0.25) is 0 Å². The van der Waals surface area contributed by atoms with Crippen LogP contribution in [0.2, 0.25) is 0 Å². The monoisotopic (exact) mass is 502 g/mol. The van der Waals surface area contributed by atoms with Gasteiger partial charge in [-0.25, -0.2) is 9.37 Å². The first-order chi connectivity index (χ1) is 18.1. The molecular weight excluding hydrogens is 467 g/mol. The number of fused-ring (bicyclic) bond motifs is 1. The minimum atomic E-state index is -0.361. The van der Waals surface area contributed by atoms with Gasteiger partial charge in [0.25, 0.3) is 5.91 Å². The molecule has 3 N–H and O–H groups in total. The number of nitrogens with one attached hydrogen (secondary N) is 3. The fourth-order valence-corrected chi connectivity index (χ4v) is 5.31. The molecule has 7 nitrogen and oxygen atoms in total. The largest absolute Gasteiger partial charge is 0.382 e. The van der Waals surface area contributed by atoms with Crippen LogP contribution in [-0.2, 0) is 4.79 Å². The van der Waals surface area contributed by atoms with E-state index in [0.717, 1.165) is 69.0 Å². The molecule has 2 aliphatic heterocycles. The normalized spacial score (nSPS) is 17.7. The molecule has 0 atom stereocenters. The van der Waals surface area contributed by atoms with Crippen molar-refractivity contribution in [2.45, 2.75) is 32.7 Å². The number of hydrogen-bond acceptors (Lipinski definition) is 5. The van der Waals surface area contributed by atoms with E-state index >= 15 is 0 Å². The number of nitrogens with zero attached hydrogens (tertiary/aromatic N) is 3. The molecule has 1 saturated heterocycles. The van der Waals surface area contributed by atoms with Crippen molar-refractivity contribution in [2.24, 2.45) is 0 Å². The average molecular weight is 503 g/mol. The number of imidazole rings is 1. The zero-order valence-electron chi connectivity index (χ0n) is 21.6. The number of benzene rings is 2. The second kappa shape index (κ2) is 11.3. The molecule has 0 unspecified atom stereocenters. The van der Waals surface area contributed by atoms with Gasteiger partial charge < -0.3 is 25.4 Å². The Bertz CT molecular complexity index is 1260. The molecule has 0 spiro atoms. The molecule has 3 aromatic rings. The highest BCUT2D eigenvalue weighted by Gasteiger charge is 2.30. The maximum Gasteiger partial charge on any atom is 0.257 e. The molecule has 0 radical (unpaired) electrons. The van der Waals surface area contributed by atoms with Crippen LogP contribution in [0.25, 0.3) is 11.1 Å². The summed E-state index contributed by atoms with van der Waals surface area (Å²) in [7, 11) is 0. The van der Waals surface area contributed by atoms with Gasteiger partial charge in [-0.15, -0.1) is 0 Å². The summed E-state index contributed by atoms with van der Waals surface area (Å²) in [6.45, 7) is 11.0. The van der Waals surface area contributed by atoms with Crippen molar-refractivity contribution in [3.63, 3.8) is 0 Å². The second-order valence-corrected chi connectivity index (χ2v) is 9.70. The smallest absolute Gasteiger partial charge is 0.257 e. The number of amides is 1. The van der Waals surface area contributed by atoms with Gasteiger partial charge in [-0.05, 0) is 61.8 Å². The summed E-state index contributed by atoms with van der Waals surface area (Å²) in [4.78, 5) is 25.7. The fraction of sp³-hybridized carbons (Fsp3) is 0.379. The third-order valence-corrected chi connectivity index (χ3v) is 7.45. The highest BCUT2D eigenvalue weighted by molar-refractivity contribution is 6.38. The van der Waals surface area contributed by atoms with Crippen LogP contribution in [0, 0.1) is 5.82 Å². The lowest BCUT2D eigenvalue weighted by molar-refractivity contribution is -0.110. The second-order valence-electron chi connectivity index (χ2n) is 9.70. The van der Waals surface area contributed by atoms with Gasteiger partial charge in [-0.1, -0.05) is 26.0 Å². The van der Waals surface area contributed by atoms with E-state index in [4.69, 9.17) is 0 Å². The number of likely N-dealkylation sites (N-methyl/N-ethyl adjacent to an activating group) is 1. The third-order valence-electron chi connectivity index (χ3n) is 7.45. The molecular formula is C29H35FN6O. The van der Waals surface area contributed by atoms with E-state index in [1.165, 1.54) is 12.1 Å². The predicted octanol–water partition coefficient (Wildman–Crippen LogP) is 4.68. The summed E-state index contributed by atoms with van der Waals surface area (Å²) in [6, 6.07) is 12.6. The number of H-pyrrole nitrogens is 1. The first-order valence-corrected chi connectivity index (χ1v) is 13.2. The van der Waals surface area contributed by atoms with E-state index in [1.54, 1.807) is 24.5 Å². The van der Waals surface area contributed by atoms with Crippen molar-refractivity contribution in [1.82, 2.24) is 19.8 Å². The molecule has 2 aromatic carbocycles. The lowest BCUT2D eigenvalue weighted by Crippen LogP contribution is -2.42. The first kappa shape index (κ1) is 25.2. The van der Waals surface area contributed by atoms with Crippen LogP contribution >= 0.6 is 0 Å². The summed E-state index contributed by atoms with van der Waals surface area (Å²) in [5, 5.41) is 6.67. The number of carbonyl (C=O) groups excluding carboxylic acids is 1. The predicted molar refractivity (Wildman–Crippen MR) is 147 cm³/mol. The summed E-state index contributed by atoms with van der Waals surface area (Å²) in [5.74, 6) is -0.0528. The van der Waals surface area contributed by atoms with E-state index in [0.29, 0.717) is 28.6 Å². The first-order valence-electron chi connectivity index (χ1n) is 13.2. The Balaban J connectivity index is 1.36. The van der Waals surface area contributed by atoms with Crippen molar-refractivity contribution in [3.05, 3.63) is 77.6 Å². The van der Waals surface area contributed by atoms with Crippen LogP contribution < -0.4 is 10.6 Å². The number of hydrogen-bond donors (Lipinski definition) is 3. The Hall–Kier alpha value is -3.49. The molecule has 5 rings (SSSR count). The van der Waals surface area contributed by atoms with Gasteiger partial charge in [-0.2, -0.15) is 0 Å². The van der Waals surface area contributed by atoms with Gasteiger partial charge in [0, 0.05) is 67.1 Å². The van der Waals surface area contributed by atoms with Crippen molar-refractivity contribution in [3.8, 4) is 0 Å². The zero-order chi connectivity index (χ0) is 25.8. The number of piperidine rings is 1. The highest BCUT2D eigenvalue weighted by atomic mass is 19.1. The van der Waals surface area contributed by atoms with Gasteiger partial charge in [0.1, 0.15) is 11.6 Å². The fourth-order valence-electron chi connectivity index (χ4n) is 5.31. The lowest BCUT2D eigenvalue weighted by Gasteiger charge is -2.34. The highest BCUT2D eigenvalue weighted by Crippen LogP contribution is 2.40. The summed E-state index contributed by atoms with van der Waals surface area (Å²) < 4.78 is 14.2. The molecule has 3 heterocycles. The van der Waals surface area contributed by atoms with Gasteiger partial charge in [0.05, 0.1) is 5.57 Å². The summed E-state index contributed by atoms with van der Waals surface area (Å²) in [6.07, 6.45) is 5.50. The topological polar surface area (TPSA) is 76.3 Å². The van der Waals surface area contributed by atoms with Crippen molar-refractivity contribution < 1.29 is 9.18 Å². The zero-order valence-corrected chi connectivity index (χ0v) is 21.6. The number of rotatable bonds is 9. The Morgan fingerprint density at radius 2 is 1.97 bits per heavy atom. The maximum atomic E-state index is 14.2. The quantitative estimate of drug-likeness (QED) is 0.371. The number of aromatic nitrogens is 2. The average Bonchev–Trinajstić information content (AvgIpc) is 3.54. The number of carbonyl (C=O) groups is 1. The molecule has 0 bridgehead atoms. The lowest BCUT2D eigenvalue weighted by atomic mass is 9.94. The van der Waals surface area contributed by atoms with E-state index < -0.39 is 0 Å². The van der Waals surface area contributed by atoms with Crippen molar-refractivity contribution >= 4 is 28.4 Å². The van der Waals surface area contributed by atoms with Gasteiger partial charge >= 0.3 is 0 Å². The Morgan fingerprint density at radius 3 is 2.68 bits per heavy atom. The third kappa shape index (κ3) is 5.60. The van der Waals surface area contributed by atoms with Crippen LogP contribution in [0.5, 0.6) is 0 Å². The molecule has 1 aromatic heterocycles. The summed E-state index contributed by atoms with van der Waals surface area (Å²) in [5.41, 5.74) is 4.19. The number of halogens is 1. The van der Waals surface area contributed by atoms with Gasteiger partial charge in [0.15, 0.2) is 0 Å². The SMILES string of the molecule is CCN(CC)CCN1CCC(Nc2ccc3c(c2)/C(=C(\c2cccc(F)c2)c2ncc[nH]2)C(=O)N3)CC1. The molecule has 37 heavy (non-hydrogen) atoms. The number of anilines is 2. The number of likely N-dealkylation sites (tertiary alicyclic amines) is 1. The van der Waals surface area contributed by atoms with E-state index in [2.05, 4.69) is 44.2 Å². The van der Waals surface area contributed by atoms with Crippen LogP contribution in [0.1, 0.15) is 43.6 Å². The van der Waals surface area contributed by atoms with Crippen LogP contribution in [0.15, 0.2) is 54.9 Å².